The van der Waals surface area contributed by atoms with Gasteiger partial charge in [-0.2, -0.15) is 5.10 Å². The predicted octanol–water partition coefficient (Wildman–Crippen LogP) is 2.66. The van der Waals surface area contributed by atoms with Crippen LogP contribution in [-0.2, 0) is 13.5 Å². The molecule has 1 aromatic carbocycles. The van der Waals surface area contributed by atoms with Crippen LogP contribution < -0.4 is 4.74 Å². The quantitative estimate of drug-likeness (QED) is 0.788. The van der Waals surface area contributed by atoms with Crippen molar-refractivity contribution in [3.63, 3.8) is 0 Å². The van der Waals surface area contributed by atoms with E-state index in [-0.39, 0.29) is 0 Å². The van der Waals surface area contributed by atoms with Gasteiger partial charge >= 0.3 is 0 Å². The highest BCUT2D eigenvalue weighted by atomic mass is 16.5. The van der Waals surface area contributed by atoms with Gasteiger partial charge in [-0.05, 0) is 30.2 Å². The molecule has 3 nitrogen and oxygen atoms in total. The fourth-order valence-electron chi connectivity index (χ4n) is 1.81. The van der Waals surface area contributed by atoms with E-state index in [2.05, 4.69) is 24.2 Å². The maximum atomic E-state index is 5.38. The second-order valence-electron chi connectivity index (χ2n) is 3.73. The fraction of sp³-hybridized carbons (Fsp3) is 0.308. The van der Waals surface area contributed by atoms with Gasteiger partial charge in [-0.15, -0.1) is 0 Å². The molecule has 0 aliphatic heterocycles. The minimum absolute atomic E-state index is 0.890. The lowest BCUT2D eigenvalue weighted by Crippen LogP contribution is -1.96. The molecule has 0 aliphatic carbocycles. The lowest BCUT2D eigenvalue weighted by molar-refractivity contribution is 0.416. The number of ether oxygens (including phenoxy) is 1. The first-order chi connectivity index (χ1) is 7.76. The van der Waals surface area contributed by atoms with Crippen LogP contribution >= 0.6 is 0 Å². The molecule has 0 unspecified atom stereocenters. The number of benzene rings is 1. The van der Waals surface area contributed by atoms with E-state index in [1.165, 1.54) is 5.56 Å². The fourth-order valence-corrected chi connectivity index (χ4v) is 1.81. The standard InChI is InChI=1S/C13H16N2O/c1-4-10-5-6-13(16-3)11(9-10)12-7-8-14-15(12)2/h5-9H,4H2,1-3H3. The minimum atomic E-state index is 0.890. The molecular weight excluding hydrogens is 200 g/mol. The molecule has 1 aromatic heterocycles. The topological polar surface area (TPSA) is 27.1 Å². The van der Waals surface area contributed by atoms with Gasteiger partial charge < -0.3 is 4.74 Å². The van der Waals surface area contributed by atoms with E-state index in [0.717, 1.165) is 23.4 Å². The van der Waals surface area contributed by atoms with Gasteiger partial charge in [0.25, 0.3) is 0 Å². The lowest BCUT2D eigenvalue weighted by atomic mass is 10.1. The number of hydrogen-bond acceptors (Lipinski definition) is 2. The first-order valence-electron chi connectivity index (χ1n) is 5.41. The van der Waals surface area contributed by atoms with Crippen LogP contribution in [0.2, 0.25) is 0 Å². The zero-order chi connectivity index (χ0) is 11.5. The van der Waals surface area contributed by atoms with Gasteiger partial charge in [-0.1, -0.05) is 13.0 Å². The van der Waals surface area contributed by atoms with Crippen molar-refractivity contribution in [2.24, 2.45) is 7.05 Å². The summed E-state index contributed by atoms with van der Waals surface area (Å²) in [6.07, 6.45) is 2.82. The summed E-state index contributed by atoms with van der Waals surface area (Å²) in [5.74, 6) is 0.890. The Bertz CT molecular complexity index is 488. The highest BCUT2D eigenvalue weighted by Crippen LogP contribution is 2.30. The molecule has 0 bridgehead atoms. The predicted molar refractivity (Wildman–Crippen MR) is 64.6 cm³/mol. The molecule has 0 atom stereocenters. The minimum Gasteiger partial charge on any atom is -0.496 e. The second-order valence-corrected chi connectivity index (χ2v) is 3.73. The average Bonchev–Trinajstić information content (AvgIpc) is 2.74. The maximum Gasteiger partial charge on any atom is 0.128 e. The van der Waals surface area contributed by atoms with E-state index < -0.39 is 0 Å². The molecule has 0 saturated carbocycles. The van der Waals surface area contributed by atoms with Gasteiger partial charge in [0, 0.05) is 18.8 Å². The third-order valence-corrected chi connectivity index (χ3v) is 2.77. The van der Waals surface area contributed by atoms with E-state index in [0.29, 0.717) is 0 Å². The van der Waals surface area contributed by atoms with Gasteiger partial charge in [0.1, 0.15) is 5.75 Å². The Morgan fingerprint density at radius 2 is 2.12 bits per heavy atom. The Balaban J connectivity index is 2.57. The summed E-state index contributed by atoms with van der Waals surface area (Å²) < 4.78 is 7.24. The zero-order valence-electron chi connectivity index (χ0n) is 9.90. The highest BCUT2D eigenvalue weighted by Gasteiger charge is 2.09. The molecule has 0 aliphatic rings. The van der Waals surface area contributed by atoms with Crippen LogP contribution in [0.5, 0.6) is 5.75 Å². The Morgan fingerprint density at radius 3 is 2.69 bits per heavy atom. The zero-order valence-corrected chi connectivity index (χ0v) is 9.90. The van der Waals surface area contributed by atoms with Crippen molar-refractivity contribution >= 4 is 0 Å². The summed E-state index contributed by atoms with van der Waals surface area (Å²) in [6, 6.07) is 8.27. The second kappa shape index (κ2) is 4.39. The number of aromatic nitrogens is 2. The monoisotopic (exact) mass is 216 g/mol. The summed E-state index contributed by atoms with van der Waals surface area (Å²) in [7, 11) is 3.63. The summed E-state index contributed by atoms with van der Waals surface area (Å²) in [4.78, 5) is 0. The van der Waals surface area contributed by atoms with Crippen LogP contribution in [0.3, 0.4) is 0 Å². The molecule has 0 amide bonds. The van der Waals surface area contributed by atoms with Crippen molar-refractivity contribution in [1.82, 2.24) is 9.78 Å². The summed E-state index contributed by atoms with van der Waals surface area (Å²) in [5.41, 5.74) is 3.48. The van der Waals surface area contributed by atoms with Crippen LogP contribution in [-0.4, -0.2) is 16.9 Å². The molecule has 1 heterocycles. The van der Waals surface area contributed by atoms with Crippen LogP contribution in [0.15, 0.2) is 30.5 Å². The molecular formula is C13H16N2O. The molecule has 0 N–H and O–H groups in total. The van der Waals surface area contributed by atoms with E-state index >= 15 is 0 Å². The van der Waals surface area contributed by atoms with Gasteiger partial charge in [0.05, 0.1) is 12.8 Å². The summed E-state index contributed by atoms with van der Waals surface area (Å²) in [5, 5.41) is 4.19. The van der Waals surface area contributed by atoms with Crippen molar-refractivity contribution in [3.8, 4) is 17.0 Å². The van der Waals surface area contributed by atoms with E-state index in [9.17, 15) is 0 Å². The molecule has 0 radical (unpaired) electrons. The smallest absolute Gasteiger partial charge is 0.128 e. The molecule has 0 saturated heterocycles. The van der Waals surface area contributed by atoms with Crippen LogP contribution in [0.1, 0.15) is 12.5 Å². The number of hydrogen-bond donors (Lipinski definition) is 0. The third kappa shape index (κ3) is 1.81. The van der Waals surface area contributed by atoms with Crippen molar-refractivity contribution in [2.45, 2.75) is 13.3 Å². The van der Waals surface area contributed by atoms with Gasteiger partial charge in [-0.3, -0.25) is 4.68 Å². The number of rotatable bonds is 3. The van der Waals surface area contributed by atoms with Crippen LogP contribution in [0.25, 0.3) is 11.3 Å². The Kier molecular flexibility index (Phi) is 2.95. The van der Waals surface area contributed by atoms with Crippen molar-refractivity contribution < 1.29 is 4.74 Å². The maximum absolute atomic E-state index is 5.38. The molecule has 2 rings (SSSR count). The van der Waals surface area contributed by atoms with Gasteiger partial charge in [0.2, 0.25) is 0 Å². The molecule has 0 spiro atoms. The van der Waals surface area contributed by atoms with Crippen LogP contribution in [0.4, 0.5) is 0 Å². The number of methoxy groups -OCH3 is 1. The molecule has 3 heteroatoms. The van der Waals surface area contributed by atoms with E-state index in [1.54, 1.807) is 13.3 Å². The first-order valence-corrected chi connectivity index (χ1v) is 5.41. The lowest BCUT2D eigenvalue weighted by Gasteiger charge is -2.10. The summed E-state index contributed by atoms with van der Waals surface area (Å²) in [6.45, 7) is 2.15. The first kappa shape index (κ1) is 10.7. The van der Waals surface area contributed by atoms with Crippen LogP contribution in [0, 0.1) is 0 Å². The molecule has 0 fully saturated rings. The van der Waals surface area contributed by atoms with E-state index in [1.807, 2.05) is 23.9 Å². The molecule has 84 valence electrons. The van der Waals surface area contributed by atoms with Crippen molar-refractivity contribution in [1.29, 1.82) is 0 Å². The SMILES string of the molecule is CCc1ccc(OC)c(-c2ccnn2C)c1. The largest absolute Gasteiger partial charge is 0.496 e. The Morgan fingerprint density at radius 1 is 1.31 bits per heavy atom. The Hall–Kier alpha value is -1.77. The van der Waals surface area contributed by atoms with E-state index in [4.69, 9.17) is 4.74 Å². The summed E-state index contributed by atoms with van der Waals surface area (Å²) >= 11 is 0. The third-order valence-electron chi connectivity index (χ3n) is 2.77. The average molecular weight is 216 g/mol. The highest BCUT2D eigenvalue weighted by molar-refractivity contribution is 5.68. The Labute approximate surface area is 95.7 Å². The van der Waals surface area contributed by atoms with Crippen molar-refractivity contribution in [3.05, 3.63) is 36.0 Å². The number of aryl methyl sites for hydroxylation is 2. The number of nitrogens with zero attached hydrogens (tertiary/aromatic N) is 2. The van der Waals surface area contributed by atoms with Crippen molar-refractivity contribution in [2.75, 3.05) is 7.11 Å². The molecule has 16 heavy (non-hydrogen) atoms. The molecule has 2 aromatic rings. The normalized spacial score (nSPS) is 10.4. The van der Waals surface area contributed by atoms with Gasteiger partial charge in [0.15, 0.2) is 0 Å². The van der Waals surface area contributed by atoms with Gasteiger partial charge in [-0.25, -0.2) is 0 Å².